The molecule has 0 spiro atoms. The Labute approximate surface area is 120 Å². The lowest BCUT2D eigenvalue weighted by atomic mass is 9.74. The average Bonchev–Trinajstić information content (AvgIpc) is 2.79. The molecule has 0 aromatic heterocycles. The van der Waals surface area contributed by atoms with Crippen molar-refractivity contribution in [1.29, 1.82) is 0 Å². The molecule has 0 aromatic carbocycles. The zero-order valence-corrected chi connectivity index (χ0v) is 13.0. The molecule has 7 heteroatoms. The second kappa shape index (κ2) is 5.99. The Hall–Kier alpha value is -0.660. The normalized spacial score (nSPS) is 30.6. The van der Waals surface area contributed by atoms with E-state index < -0.39 is 10.0 Å². The first-order chi connectivity index (χ1) is 9.38. The zero-order valence-electron chi connectivity index (χ0n) is 12.2. The molecule has 2 fully saturated rings. The largest absolute Gasteiger partial charge is 0.383 e. The van der Waals surface area contributed by atoms with Gasteiger partial charge in [0.05, 0.1) is 12.9 Å². The van der Waals surface area contributed by atoms with Gasteiger partial charge in [0.1, 0.15) is 0 Å². The van der Waals surface area contributed by atoms with Crippen molar-refractivity contribution in [3.05, 3.63) is 0 Å². The fourth-order valence-electron chi connectivity index (χ4n) is 3.61. The minimum Gasteiger partial charge on any atom is -0.383 e. The molecule has 1 amide bonds. The Bertz CT molecular complexity index is 465. The fourth-order valence-corrected chi connectivity index (χ4v) is 4.16. The van der Waals surface area contributed by atoms with Crippen LogP contribution >= 0.6 is 0 Å². The predicted octanol–water partition coefficient (Wildman–Crippen LogP) is 0.343. The molecule has 0 aromatic rings. The van der Waals surface area contributed by atoms with Gasteiger partial charge in [-0.15, -0.1) is 0 Å². The van der Waals surface area contributed by atoms with Crippen LogP contribution in [0.4, 0.5) is 0 Å². The Morgan fingerprint density at radius 3 is 2.85 bits per heavy atom. The number of likely N-dealkylation sites (tertiary alicyclic amines) is 1. The summed E-state index contributed by atoms with van der Waals surface area (Å²) >= 11 is 0. The van der Waals surface area contributed by atoms with Crippen molar-refractivity contribution in [3.63, 3.8) is 0 Å². The highest BCUT2D eigenvalue weighted by Crippen LogP contribution is 2.47. The summed E-state index contributed by atoms with van der Waals surface area (Å²) in [5, 5.41) is 0. The molecule has 2 atom stereocenters. The molecule has 2 aliphatic rings. The molecule has 0 unspecified atom stereocenters. The Morgan fingerprint density at radius 2 is 2.20 bits per heavy atom. The summed E-state index contributed by atoms with van der Waals surface area (Å²) < 4.78 is 30.5. The van der Waals surface area contributed by atoms with Gasteiger partial charge in [-0.1, -0.05) is 6.42 Å². The highest BCUT2D eigenvalue weighted by molar-refractivity contribution is 7.88. The average molecular weight is 304 g/mol. The lowest BCUT2D eigenvalue weighted by Gasteiger charge is -2.46. The van der Waals surface area contributed by atoms with Crippen molar-refractivity contribution >= 4 is 15.9 Å². The SMILES string of the molecule is COCCN1C(=O)CC[C@]2(CNS(C)(=O)=O)CCC[C@@H]12. The van der Waals surface area contributed by atoms with Gasteiger partial charge in [0, 0.05) is 38.1 Å². The minimum atomic E-state index is -3.19. The summed E-state index contributed by atoms with van der Waals surface area (Å²) in [5.74, 6) is 0.170. The van der Waals surface area contributed by atoms with Crippen LogP contribution in [0, 0.1) is 5.41 Å². The van der Waals surface area contributed by atoms with Crippen molar-refractivity contribution in [2.45, 2.75) is 38.1 Å². The molecule has 1 aliphatic carbocycles. The topological polar surface area (TPSA) is 75.7 Å². The molecule has 1 saturated heterocycles. The van der Waals surface area contributed by atoms with Crippen LogP contribution in [0.2, 0.25) is 0 Å². The number of carbonyl (C=O) groups is 1. The number of methoxy groups -OCH3 is 1. The van der Waals surface area contributed by atoms with E-state index in [9.17, 15) is 13.2 Å². The minimum absolute atomic E-state index is 0.0925. The number of hydrogen-bond donors (Lipinski definition) is 1. The molecule has 20 heavy (non-hydrogen) atoms. The number of nitrogens with one attached hydrogen (secondary N) is 1. The van der Waals surface area contributed by atoms with Crippen molar-refractivity contribution in [2.75, 3.05) is 33.1 Å². The fraction of sp³-hybridized carbons (Fsp3) is 0.923. The van der Waals surface area contributed by atoms with Crippen LogP contribution in [0.1, 0.15) is 32.1 Å². The van der Waals surface area contributed by atoms with Crippen molar-refractivity contribution < 1.29 is 17.9 Å². The van der Waals surface area contributed by atoms with E-state index in [1.54, 1.807) is 7.11 Å². The molecule has 1 N–H and O–H groups in total. The second-order valence-electron chi connectivity index (χ2n) is 5.94. The number of amides is 1. The Kier molecular flexibility index (Phi) is 4.71. The predicted molar refractivity (Wildman–Crippen MR) is 75.7 cm³/mol. The Morgan fingerprint density at radius 1 is 1.45 bits per heavy atom. The van der Waals surface area contributed by atoms with E-state index in [-0.39, 0.29) is 17.4 Å². The van der Waals surface area contributed by atoms with Crippen LogP contribution in [0.5, 0.6) is 0 Å². The lowest BCUT2D eigenvalue weighted by Crippen LogP contribution is -2.56. The molecule has 1 heterocycles. The van der Waals surface area contributed by atoms with Gasteiger partial charge < -0.3 is 9.64 Å². The van der Waals surface area contributed by atoms with E-state index in [0.29, 0.717) is 26.1 Å². The van der Waals surface area contributed by atoms with Crippen molar-refractivity contribution in [3.8, 4) is 0 Å². The van der Waals surface area contributed by atoms with Gasteiger partial charge in [0.25, 0.3) is 0 Å². The molecular weight excluding hydrogens is 280 g/mol. The van der Waals surface area contributed by atoms with Gasteiger partial charge in [-0.2, -0.15) is 0 Å². The number of nitrogens with zero attached hydrogens (tertiary/aromatic N) is 1. The molecule has 0 radical (unpaired) electrons. The van der Waals surface area contributed by atoms with Crippen LogP contribution in [-0.2, 0) is 19.6 Å². The number of piperidine rings is 1. The van der Waals surface area contributed by atoms with E-state index in [0.717, 1.165) is 25.7 Å². The van der Waals surface area contributed by atoms with Crippen LogP contribution in [0.25, 0.3) is 0 Å². The summed E-state index contributed by atoms with van der Waals surface area (Å²) in [6, 6.07) is 0.146. The van der Waals surface area contributed by atoms with Crippen LogP contribution < -0.4 is 4.72 Å². The molecule has 6 nitrogen and oxygen atoms in total. The van der Waals surface area contributed by atoms with E-state index >= 15 is 0 Å². The smallest absolute Gasteiger partial charge is 0.222 e. The maximum absolute atomic E-state index is 12.1. The van der Waals surface area contributed by atoms with E-state index in [2.05, 4.69) is 4.72 Å². The second-order valence-corrected chi connectivity index (χ2v) is 7.78. The monoisotopic (exact) mass is 304 g/mol. The van der Waals surface area contributed by atoms with Crippen LogP contribution in [0.3, 0.4) is 0 Å². The third-order valence-corrected chi connectivity index (χ3v) is 5.28. The number of ether oxygens (including phenoxy) is 1. The summed E-state index contributed by atoms with van der Waals surface area (Å²) in [5.41, 5.74) is -0.0925. The lowest BCUT2D eigenvalue weighted by molar-refractivity contribution is -0.142. The van der Waals surface area contributed by atoms with Crippen molar-refractivity contribution in [2.24, 2.45) is 5.41 Å². The molecule has 116 valence electrons. The molecule has 1 aliphatic heterocycles. The van der Waals surface area contributed by atoms with Gasteiger partial charge >= 0.3 is 0 Å². The summed E-state index contributed by atoms with van der Waals surface area (Å²) in [6.45, 7) is 1.56. The maximum atomic E-state index is 12.1. The first-order valence-corrected chi connectivity index (χ1v) is 9.00. The molecule has 0 bridgehead atoms. The zero-order chi connectivity index (χ0) is 14.8. The van der Waals surface area contributed by atoms with Crippen molar-refractivity contribution in [1.82, 2.24) is 9.62 Å². The quantitative estimate of drug-likeness (QED) is 0.768. The third kappa shape index (κ3) is 3.32. The van der Waals surface area contributed by atoms with Crippen LogP contribution in [-0.4, -0.2) is 58.3 Å². The van der Waals surface area contributed by atoms with Crippen LogP contribution in [0.15, 0.2) is 0 Å². The maximum Gasteiger partial charge on any atom is 0.222 e. The highest BCUT2D eigenvalue weighted by atomic mass is 32.2. The molecule has 2 rings (SSSR count). The number of fused-ring (bicyclic) bond motifs is 1. The summed E-state index contributed by atoms with van der Waals surface area (Å²) in [6.07, 6.45) is 5.46. The number of rotatable bonds is 6. The highest BCUT2D eigenvalue weighted by Gasteiger charge is 2.50. The van der Waals surface area contributed by atoms with Gasteiger partial charge in [0.15, 0.2) is 0 Å². The first-order valence-electron chi connectivity index (χ1n) is 7.11. The number of sulfonamides is 1. The first kappa shape index (κ1) is 15.7. The van der Waals surface area contributed by atoms with Gasteiger partial charge in [-0.25, -0.2) is 13.1 Å². The standard InChI is InChI=1S/C13H24N2O4S/c1-19-9-8-15-11-4-3-6-13(11,7-5-12(15)16)10-14-20(2,17)18/h11,14H,3-10H2,1-2H3/t11-,13+/m1/s1. The van der Waals surface area contributed by atoms with E-state index in [1.165, 1.54) is 6.26 Å². The summed E-state index contributed by atoms with van der Waals surface area (Å²) in [7, 11) is -1.57. The van der Waals surface area contributed by atoms with Gasteiger partial charge in [-0.3, -0.25) is 4.79 Å². The van der Waals surface area contributed by atoms with E-state index in [4.69, 9.17) is 4.74 Å². The van der Waals surface area contributed by atoms with Gasteiger partial charge in [0.2, 0.25) is 15.9 Å². The molecular formula is C13H24N2O4S. The third-order valence-electron chi connectivity index (χ3n) is 4.62. The Balaban J connectivity index is 2.12. The number of hydrogen-bond acceptors (Lipinski definition) is 4. The molecule has 1 saturated carbocycles. The van der Waals surface area contributed by atoms with Gasteiger partial charge in [-0.05, 0) is 19.3 Å². The number of carbonyl (C=O) groups excluding carboxylic acids is 1. The van der Waals surface area contributed by atoms with E-state index in [1.807, 2.05) is 4.90 Å². The summed E-state index contributed by atoms with van der Waals surface area (Å²) in [4.78, 5) is 14.0.